The van der Waals surface area contributed by atoms with Gasteiger partial charge in [0.05, 0.1) is 5.69 Å². The molecule has 0 saturated carbocycles. The third-order valence-corrected chi connectivity index (χ3v) is 2.54. The zero-order valence-corrected chi connectivity index (χ0v) is 10.3. The summed E-state index contributed by atoms with van der Waals surface area (Å²) >= 11 is 0. The minimum atomic E-state index is 0.317. The molecule has 0 radical (unpaired) electrons. The molecule has 0 saturated heterocycles. The van der Waals surface area contributed by atoms with Crippen LogP contribution in [0.15, 0.2) is 0 Å². The Kier molecular flexibility index (Phi) is 3.03. The lowest BCUT2D eigenvalue weighted by atomic mass is 9.92. The van der Waals surface area contributed by atoms with E-state index in [2.05, 4.69) is 51.1 Å². The van der Waals surface area contributed by atoms with E-state index in [1.807, 2.05) is 0 Å². The molecule has 0 amide bonds. The number of aryl methyl sites for hydroxylation is 1. The zero-order chi connectivity index (χ0) is 10.9. The van der Waals surface area contributed by atoms with E-state index in [-0.39, 0.29) is 0 Å². The first-order chi connectivity index (χ1) is 6.35. The van der Waals surface area contributed by atoms with Crippen LogP contribution in [0.4, 0.5) is 0 Å². The molecule has 2 heteroatoms. The molecule has 0 atom stereocenters. The Morgan fingerprint density at radius 1 is 1.21 bits per heavy atom. The van der Waals surface area contributed by atoms with E-state index in [4.69, 9.17) is 0 Å². The summed E-state index contributed by atoms with van der Waals surface area (Å²) < 4.78 is 2.32. The molecule has 2 nitrogen and oxygen atoms in total. The predicted octanol–water partition coefficient (Wildman–Crippen LogP) is 3.11. The zero-order valence-electron chi connectivity index (χ0n) is 10.3. The summed E-state index contributed by atoms with van der Waals surface area (Å²) in [5.41, 5.74) is 2.80. The first kappa shape index (κ1) is 11.3. The van der Waals surface area contributed by atoms with Crippen molar-refractivity contribution in [2.24, 2.45) is 5.41 Å². The summed E-state index contributed by atoms with van der Waals surface area (Å²) in [5.74, 6) is 1.23. The summed E-state index contributed by atoms with van der Waals surface area (Å²) in [6, 6.07) is 0. The van der Waals surface area contributed by atoms with Crippen LogP contribution in [-0.2, 0) is 13.0 Å². The van der Waals surface area contributed by atoms with Crippen molar-refractivity contribution in [3.05, 3.63) is 17.2 Å². The molecule has 0 aliphatic heterocycles. The number of hydrogen-bond donors (Lipinski definition) is 0. The average Bonchev–Trinajstić information content (AvgIpc) is 2.24. The van der Waals surface area contributed by atoms with Gasteiger partial charge in [0.1, 0.15) is 5.82 Å². The Hall–Kier alpha value is -0.790. The summed E-state index contributed by atoms with van der Waals surface area (Å²) in [6.07, 6.45) is 1.05. The van der Waals surface area contributed by atoms with Gasteiger partial charge in [-0.2, -0.15) is 0 Å². The Labute approximate surface area is 87.4 Å². The topological polar surface area (TPSA) is 17.8 Å². The van der Waals surface area contributed by atoms with E-state index < -0.39 is 0 Å². The van der Waals surface area contributed by atoms with E-state index in [1.165, 1.54) is 17.2 Å². The molecule has 0 aliphatic rings. The van der Waals surface area contributed by atoms with Crippen molar-refractivity contribution in [2.75, 3.05) is 0 Å². The quantitative estimate of drug-likeness (QED) is 0.707. The third-order valence-electron chi connectivity index (χ3n) is 2.54. The minimum Gasteiger partial charge on any atom is -0.332 e. The monoisotopic (exact) mass is 194 g/mol. The Morgan fingerprint density at radius 3 is 2.21 bits per heavy atom. The highest BCUT2D eigenvalue weighted by atomic mass is 15.1. The van der Waals surface area contributed by atoms with Gasteiger partial charge in [0.15, 0.2) is 0 Å². The fourth-order valence-corrected chi connectivity index (χ4v) is 1.75. The van der Waals surface area contributed by atoms with Crippen molar-refractivity contribution in [1.82, 2.24) is 9.55 Å². The van der Waals surface area contributed by atoms with Crippen molar-refractivity contribution in [1.29, 1.82) is 0 Å². The van der Waals surface area contributed by atoms with Crippen LogP contribution < -0.4 is 0 Å². The van der Waals surface area contributed by atoms with Crippen LogP contribution in [0, 0.1) is 19.3 Å². The average molecular weight is 194 g/mol. The van der Waals surface area contributed by atoms with Gasteiger partial charge >= 0.3 is 0 Å². The molecule has 0 N–H and O–H groups in total. The maximum Gasteiger partial charge on any atom is 0.109 e. The number of rotatable bonds is 2. The third kappa shape index (κ3) is 2.37. The van der Waals surface area contributed by atoms with Gasteiger partial charge < -0.3 is 4.57 Å². The van der Waals surface area contributed by atoms with Gasteiger partial charge in [0.2, 0.25) is 0 Å². The largest absolute Gasteiger partial charge is 0.332 e. The van der Waals surface area contributed by atoms with Gasteiger partial charge in [-0.3, -0.25) is 0 Å². The van der Waals surface area contributed by atoms with Crippen molar-refractivity contribution < 1.29 is 0 Å². The van der Waals surface area contributed by atoms with E-state index in [0.717, 1.165) is 13.0 Å². The molecule has 1 heterocycles. The first-order valence-electron chi connectivity index (χ1n) is 5.37. The van der Waals surface area contributed by atoms with Crippen LogP contribution in [0.2, 0.25) is 0 Å². The lowest BCUT2D eigenvalue weighted by Gasteiger charge is -2.18. The molecule has 0 fully saturated rings. The van der Waals surface area contributed by atoms with Crippen molar-refractivity contribution in [3.63, 3.8) is 0 Å². The lowest BCUT2D eigenvalue weighted by molar-refractivity contribution is 0.392. The van der Waals surface area contributed by atoms with Gasteiger partial charge in [-0.1, -0.05) is 20.8 Å². The number of nitrogens with zero attached hydrogens (tertiary/aromatic N) is 2. The van der Waals surface area contributed by atoms with E-state index in [9.17, 15) is 0 Å². The standard InChI is InChI=1S/C12H22N2/c1-7-14-10(3)9(2)13-11(14)8-12(4,5)6/h7-8H2,1-6H3. The van der Waals surface area contributed by atoms with Gasteiger partial charge in [0.25, 0.3) is 0 Å². The second kappa shape index (κ2) is 3.76. The van der Waals surface area contributed by atoms with Crippen molar-refractivity contribution >= 4 is 0 Å². The maximum atomic E-state index is 4.63. The Bertz CT molecular complexity index is 316. The van der Waals surface area contributed by atoms with Gasteiger partial charge in [-0.15, -0.1) is 0 Å². The molecule has 0 spiro atoms. The molecule has 0 unspecified atom stereocenters. The summed E-state index contributed by atoms with van der Waals surface area (Å²) in [6.45, 7) is 14.2. The summed E-state index contributed by atoms with van der Waals surface area (Å²) in [4.78, 5) is 4.63. The highest BCUT2D eigenvalue weighted by molar-refractivity contribution is 5.14. The fourth-order valence-electron chi connectivity index (χ4n) is 1.75. The van der Waals surface area contributed by atoms with Crippen molar-refractivity contribution in [3.8, 4) is 0 Å². The van der Waals surface area contributed by atoms with Crippen LogP contribution in [-0.4, -0.2) is 9.55 Å². The lowest BCUT2D eigenvalue weighted by Crippen LogP contribution is -2.14. The second-order valence-corrected chi connectivity index (χ2v) is 5.18. The molecular formula is C12H22N2. The maximum absolute atomic E-state index is 4.63. The van der Waals surface area contributed by atoms with Gasteiger partial charge in [0, 0.05) is 18.7 Å². The first-order valence-corrected chi connectivity index (χ1v) is 5.37. The molecule has 0 aromatic carbocycles. The fraction of sp³-hybridized carbons (Fsp3) is 0.750. The van der Waals surface area contributed by atoms with Gasteiger partial charge in [-0.25, -0.2) is 4.98 Å². The highest BCUT2D eigenvalue weighted by Gasteiger charge is 2.17. The Morgan fingerprint density at radius 2 is 1.79 bits per heavy atom. The molecule has 1 rings (SSSR count). The smallest absolute Gasteiger partial charge is 0.109 e. The van der Waals surface area contributed by atoms with Crippen LogP contribution in [0.1, 0.15) is 44.9 Å². The SMILES string of the molecule is CCn1c(CC(C)(C)C)nc(C)c1C. The number of imidazole rings is 1. The number of hydrogen-bond acceptors (Lipinski definition) is 1. The van der Waals surface area contributed by atoms with Crippen LogP contribution >= 0.6 is 0 Å². The van der Waals surface area contributed by atoms with E-state index >= 15 is 0 Å². The number of aromatic nitrogens is 2. The highest BCUT2D eigenvalue weighted by Crippen LogP contribution is 2.21. The minimum absolute atomic E-state index is 0.317. The summed E-state index contributed by atoms with van der Waals surface area (Å²) in [7, 11) is 0. The van der Waals surface area contributed by atoms with Gasteiger partial charge in [-0.05, 0) is 26.2 Å². The van der Waals surface area contributed by atoms with E-state index in [0.29, 0.717) is 5.41 Å². The predicted molar refractivity (Wildman–Crippen MR) is 60.5 cm³/mol. The summed E-state index contributed by atoms with van der Waals surface area (Å²) in [5, 5.41) is 0. The molecule has 80 valence electrons. The Balaban J connectivity index is 3.03. The molecule has 14 heavy (non-hydrogen) atoms. The molecule has 1 aromatic rings. The normalized spacial score (nSPS) is 12.1. The van der Waals surface area contributed by atoms with E-state index in [1.54, 1.807) is 0 Å². The van der Waals surface area contributed by atoms with Crippen LogP contribution in [0.3, 0.4) is 0 Å². The molecular weight excluding hydrogens is 172 g/mol. The molecule has 0 bridgehead atoms. The molecule has 1 aromatic heterocycles. The van der Waals surface area contributed by atoms with Crippen LogP contribution in [0.5, 0.6) is 0 Å². The molecule has 0 aliphatic carbocycles. The second-order valence-electron chi connectivity index (χ2n) is 5.18. The van der Waals surface area contributed by atoms with Crippen molar-refractivity contribution in [2.45, 2.75) is 54.5 Å². The van der Waals surface area contributed by atoms with Crippen LogP contribution in [0.25, 0.3) is 0 Å².